The van der Waals surface area contributed by atoms with Gasteiger partial charge in [0.1, 0.15) is 0 Å². The summed E-state index contributed by atoms with van der Waals surface area (Å²) >= 11 is 0. The van der Waals surface area contributed by atoms with Crippen LogP contribution in [0.4, 0.5) is 0 Å². The Hall–Kier alpha value is -0.0400. The van der Waals surface area contributed by atoms with E-state index in [-0.39, 0.29) is 12.0 Å². The molecule has 0 unspecified atom stereocenters. The molecule has 0 N–H and O–H groups in total. The molecule has 1 nitrogen and oxygen atoms in total. The van der Waals surface area contributed by atoms with Crippen LogP contribution in [0.25, 0.3) is 0 Å². The lowest BCUT2D eigenvalue weighted by Gasteiger charge is -2.19. The second kappa shape index (κ2) is 5.59. The van der Waals surface area contributed by atoms with Gasteiger partial charge in [-0.15, -0.1) is 0 Å². The standard InChI is InChI=1S/C10H21O/c1-4-5-6-7-8-10(2,3)9-11/h4-9H2,1-3H3. The first kappa shape index (κ1) is 11.0. The Balaban J connectivity index is 3.23. The lowest BCUT2D eigenvalue weighted by Crippen LogP contribution is -2.15. The van der Waals surface area contributed by atoms with Gasteiger partial charge in [0.15, 0.2) is 0 Å². The highest BCUT2D eigenvalue weighted by Gasteiger charge is 2.15. The summed E-state index contributed by atoms with van der Waals surface area (Å²) in [4.78, 5) is 0. The van der Waals surface area contributed by atoms with Gasteiger partial charge in [0.05, 0.1) is 6.61 Å². The topological polar surface area (TPSA) is 19.9 Å². The fourth-order valence-electron chi connectivity index (χ4n) is 1.10. The van der Waals surface area contributed by atoms with E-state index in [1.165, 1.54) is 25.7 Å². The molecule has 1 heteroatoms. The van der Waals surface area contributed by atoms with Crippen molar-refractivity contribution in [1.82, 2.24) is 0 Å². The summed E-state index contributed by atoms with van der Waals surface area (Å²) in [5.41, 5.74) is 0.0355. The molecular weight excluding hydrogens is 136 g/mol. The first-order chi connectivity index (χ1) is 5.12. The average molecular weight is 157 g/mol. The molecule has 0 saturated carbocycles. The van der Waals surface area contributed by atoms with Crippen LogP contribution in [0, 0.1) is 5.41 Å². The van der Waals surface area contributed by atoms with Gasteiger partial charge in [-0.3, -0.25) is 0 Å². The second-order valence-corrected chi connectivity index (χ2v) is 4.12. The molecule has 67 valence electrons. The molecule has 11 heavy (non-hydrogen) atoms. The molecule has 0 aromatic rings. The van der Waals surface area contributed by atoms with E-state index in [0.29, 0.717) is 0 Å². The van der Waals surface area contributed by atoms with Crippen LogP contribution in [-0.4, -0.2) is 6.61 Å². The minimum Gasteiger partial charge on any atom is -0.236 e. The van der Waals surface area contributed by atoms with Crippen LogP contribution in [0.15, 0.2) is 0 Å². The third-order valence-corrected chi connectivity index (χ3v) is 2.10. The summed E-state index contributed by atoms with van der Waals surface area (Å²) in [5, 5.41) is 10.6. The smallest absolute Gasteiger partial charge is 0.0873 e. The molecular formula is C10H21O. The molecule has 0 spiro atoms. The van der Waals surface area contributed by atoms with E-state index in [1.807, 2.05) is 0 Å². The molecule has 1 radical (unpaired) electrons. The predicted molar refractivity (Wildman–Crippen MR) is 48.1 cm³/mol. The molecule has 0 aliphatic rings. The molecule has 0 aromatic heterocycles. The van der Waals surface area contributed by atoms with Crippen LogP contribution in [0.3, 0.4) is 0 Å². The largest absolute Gasteiger partial charge is 0.236 e. The van der Waals surface area contributed by atoms with E-state index in [0.717, 1.165) is 6.42 Å². The van der Waals surface area contributed by atoms with Crippen LogP contribution in [0.1, 0.15) is 52.9 Å². The highest BCUT2D eigenvalue weighted by Crippen LogP contribution is 2.22. The number of hydrogen-bond acceptors (Lipinski definition) is 0. The molecule has 0 amide bonds. The molecule has 0 bridgehead atoms. The quantitative estimate of drug-likeness (QED) is 0.526. The maximum Gasteiger partial charge on any atom is 0.0873 e. The number of rotatable bonds is 6. The fraction of sp³-hybridized carbons (Fsp3) is 1.00. The van der Waals surface area contributed by atoms with Gasteiger partial charge in [-0.05, 0) is 11.8 Å². The van der Waals surface area contributed by atoms with Crippen LogP contribution >= 0.6 is 0 Å². The summed E-state index contributed by atoms with van der Waals surface area (Å²) in [7, 11) is 0. The highest BCUT2D eigenvalue weighted by atomic mass is 16.3. The highest BCUT2D eigenvalue weighted by molar-refractivity contribution is 4.66. The van der Waals surface area contributed by atoms with Crippen molar-refractivity contribution in [2.75, 3.05) is 6.61 Å². The summed E-state index contributed by atoms with van der Waals surface area (Å²) in [6, 6.07) is 0. The van der Waals surface area contributed by atoms with Crippen LogP contribution < -0.4 is 0 Å². The normalized spacial score (nSPS) is 12.0. The van der Waals surface area contributed by atoms with Crippen molar-refractivity contribution in [2.24, 2.45) is 5.41 Å². The van der Waals surface area contributed by atoms with E-state index >= 15 is 0 Å². The second-order valence-electron chi connectivity index (χ2n) is 4.12. The zero-order chi connectivity index (χ0) is 8.74. The van der Waals surface area contributed by atoms with Gasteiger partial charge >= 0.3 is 0 Å². The number of unbranched alkanes of at least 4 members (excludes halogenated alkanes) is 3. The first-order valence-corrected chi connectivity index (χ1v) is 4.70. The van der Waals surface area contributed by atoms with Crippen molar-refractivity contribution < 1.29 is 5.11 Å². The van der Waals surface area contributed by atoms with Crippen molar-refractivity contribution in [3.05, 3.63) is 0 Å². The van der Waals surface area contributed by atoms with Gasteiger partial charge in [0.25, 0.3) is 0 Å². The first-order valence-electron chi connectivity index (χ1n) is 4.70. The third-order valence-electron chi connectivity index (χ3n) is 2.10. The fourth-order valence-corrected chi connectivity index (χ4v) is 1.10. The van der Waals surface area contributed by atoms with E-state index in [4.69, 9.17) is 0 Å². The van der Waals surface area contributed by atoms with Gasteiger partial charge in [0, 0.05) is 0 Å². The number of hydrogen-bond donors (Lipinski definition) is 0. The minimum absolute atomic E-state index is 0.0355. The van der Waals surface area contributed by atoms with Crippen LogP contribution in [0.5, 0.6) is 0 Å². The minimum atomic E-state index is 0.0355. The average Bonchev–Trinajstić information content (AvgIpc) is 1.99. The SMILES string of the molecule is CCCCCCC(C)(C)C[O]. The van der Waals surface area contributed by atoms with Crippen LogP contribution in [0.2, 0.25) is 0 Å². The zero-order valence-corrected chi connectivity index (χ0v) is 8.15. The maximum atomic E-state index is 10.6. The Morgan fingerprint density at radius 3 is 2.18 bits per heavy atom. The van der Waals surface area contributed by atoms with Crippen molar-refractivity contribution in [3.8, 4) is 0 Å². The molecule has 0 saturated heterocycles. The zero-order valence-electron chi connectivity index (χ0n) is 8.15. The van der Waals surface area contributed by atoms with Gasteiger partial charge in [-0.25, -0.2) is 5.11 Å². The van der Waals surface area contributed by atoms with Gasteiger partial charge in [-0.2, -0.15) is 0 Å². The Morgan fingerprint density at radius 2 is 1.73 bits per heavy atom. The summed E-state index contributed by atoms with van der Waals surface area (Å²) in [6.45, 7) is 6.40. The van der Waals surface area contributed by atoms with Crippen molar-refractivity contribution >= 4 is 0 Å². The summed E-state index contributed by atoms with van der Waals surface area (Å²) in [6.07, 6.45) is 6.20. The third kappa shape index (κ3) is 6.36. The monoisotopic (exact) mass is 157 g/mol. The van der Waals surface area contributed by atoms with E-state index < -0.39 is 0 Å². The van der Waals surface area contributed by atoms with Gasteiger partial charge < -0.3 is 0 Å². The van der Waals surface area contributed by atoms with Crippen molar-refractivity contribution in [2.45, 2.75) is 52.9 Å². The maximum absolute atomic E-state index is 10.6. The molecule has 0 atom stereocenters. The van der Waals surface area contributed by atoms with E-state index in [1.54, 1.807) is 0 Å². The predicted octanol–water partition coefficient (Wildman–Crippen LogP) is 3.41. The molecule has 0 rings (SSSR count). The summed E-state index contributed by atoms with van der Waals surface area (Å²) < 4.78 is 0. The molecule has 0 aliphatic heterocycles. The van der Waals surface area contributed by atoms with Crippen LogP contribution in [-0.2, 0) is 5.11 Å². The van der Waals surface area contributed by atoms with Crippen molar-refractivity contribution in [3.63, 3.8) is 0 Å². The lowest BCUT2D eigenvalue weighted by atomic mass is 9.88. The van der Waals surface area contributed by atoms with Gasteiger partial charge in [0.2, 0.25) is 0 Å². The van der Waals surface area contributed by atoms with E-state index in [9.17, 15) is 5.11 Å². The van der Waals surface area contributed by atoms with Crippen molar-refractivity contribution in [1.29, 1.82) is 0 Å². The molecule has 0 aliphatic carbocycles. The van der Waals surface area contributed by atoms with E-state index in [2.05, 4.69) is 20.8 Å². The molecule has 0 fully saturated rings. The molecule has 0 heterocycles. The molecule has 0 aromatic carbocycles. The Bertz CT molecular complexity index is 86.9. The lowest BCUT2D eigenvalue weighted by molar-refractivity contribution is 0.0850. The van der Waals surface area contributed by atoms with Gasteiger partial charge in [-0.1, -0.05) is 46.5 Å². The Kier molecular flexibility index (Phi) is 5.57. The summed E-state index contributed by atoms with van der Waals surface area (Å²) in [5.74, 6) is 0. The Morgan fingerprint density at radius 1 is 1.09 bits per heavy atom. The Labute approximate surface area is 70.8 Å².